The van der Waals surface area contributed by atoms with Crippen LogP contribution in [-0.2, 0) is 17.5 Å². The van der Waals surface area contributed by atoms with E-state index in [-0.39, 0.29) is 41.0 Å². The first-order valence-corrected chi connectivity index (χ1v) is 13.3. The highest BCUT2D eigenvalue weighted by Crippen LogP contribution is 2.32. The summed E-state index contributed by atoms with van der Waals surface area (Å²) in [6, 6.07) is 9.18. The van der Waals surface area contributed by atoms with Crippen molar-refractivity contribution in [1.82, 2.24) is 19.4 Å². The Bertz CT molecular complexity index is 1350. The number of carbonyl (C=O) groups is 1. The van der Waals surface area contributed by atoms with Gasteiger partial charge in [0.05, 0.1) is 19.3 Å². The first-order chi connectivity index (χ1) is 18.6. The van der Waals surface area contributed by atoms with E-state index in [1.165, 1.54) is 22.9 Å². The third-order valence-electron chi connectivity index (χ3n) is 6.11. The average molecular weight is 561 g/mol. The number of pyridine rings is 1. The van der Waals surface area contributed by atoms with Crippen molar-refractivity contribution in [1.29, 1.82) is 0 Å². The normalized spacial score (nSPS) is 13.1. The minimum atomic E-state index is -4.68. The lowest BCUT2D eigenvalue weighted by Crippen LogP contribution is -2.27. The predicted octanol–water partition coefficient (Wildman–Crippen LogP) is 5.60. The van der Waals surface area contributed by atoms with Crippen molar-refractivity contribution in [2.75, 3.05) is 26.0 Å². The van der Waals surface area contributed by atoms with Crippen LogP contribution < -0.4 is 10.3 Å². The molecule has 0 bridgehead atoms. The Morgan fingerprint density at radius 1 is 1.10 bits per heavy atom. The summed E-state index contributed by atoms with van der Waals surface area (Å²) in [4.78, 5) is 34.6. The van der Waals surface area contributed by atoms with Crippen LogP contribution in [0.25, 0.3) is 11.3 Å². The van der Waals surface area contributed by atoms with Gasteiger partial charge in [-0.15, -0.1) is 13.2 Å². The number of methoxy groups -OCH3 is 1. The molecule has 1 saturated heterocycles. The van der Waals surface area contributed by atoms with E-state index in [0.29, 0.717) is 11.3 Å². The number of nitrogens with zero attached hydrogens (tertiary/aromatic N) is 4. The molecule has 2 aromatic heterocycles. The molecule has 0 unspecified atom stereocenters. The SMILES string of the molecule is C=C.COc1cc(Cn2cc(-c3cc(C(F)(F)F)nc(SCCC(=O)N4CCCC4)n3)ccc2=O)ccc1C. The second kappa shape index (κ2) is 13.5. The topological polar surface area (TPSA) is 77.3 Å². The highest BCUT2D eigenvalue weighted by molar-refractivity contribution is 7.99. The molecule has 0 atom stereocenters. The standard InChI is InChI=1S/C26H27F3N4O3S.C2H4/c1-17-5-6-18(13-21(17)36-2)15-33-16-19(7-8-23(33)34)20-14-22(26(27,28)29)31-25(30-20)37-12-9-24(35)32-10-3-4-11-32;1-2/h5-8,13-14,16H,3-4,9-12,15H2,1-2H3;1-2H2. The van der Waals surface area contributed by atoms with Gasteiger partial charge in [-0.3, -0.25) is 9.59 Å². The van der Waals surface area contributed by atoms with Gasteiger partial charge in [0.2, 0.25) is 5.91 Å². The summed E-state index contributed by atoms with van der Waals surface area (Å²) in [6.45, 7) is 9.55. The summed E-state index contributed by atoms with van der Waals surface area (Å²) in [7, 11) is 1.56. The van der Waals surface area contributed by atoms with Gasteiger partial charge in [-0.1, -0.05) is 23.9 Å². The third-order valence-corrected chi connectivity index (χ3v) is 6.96. The maximum atomic E-state index is 13.6. The Hall–Kier alpha value is -3.60. The molecular weight excluding hydrogens is 529 g/mol. The van der Waals surface area contributed by atoms with Gasteiger partial charge in [-0.05, 0) is 49.1 Å². The van der Waals surface area contributed by atoms with E-state index in [4.69, 9.17) is 4.74 Å². The van der Waals surface area contributed by atoms with E-state index >= 15 is 0 Å². The van der Waals surface area contributed by atoms with E-state index in [9.17, 15) is 22.8 Å². The zero-order valence-electron chi connectivity index (χ0n) is 22.0. The van der Waals surface area contributed by atoms with E-state index in [2.05, 4.69) is 23.1 Å². The van der Waals surface area contributed by atoms with Gasteiger partial charge in [-0.2, -0.15) is 13.2 Å². The van der Waals surface area contributed by atoms with Crippen LogP contribution >= 0.6 is 11.8 Å². The number of likely N-dealkylation sites (tertiary alicyclic amines) is 1. The number of hydrogen-bond donors (Lipinski definition) is 0. The second-order valence-corrected chi connectivity index (χ2v) is 9.86. The third kappa shape index (κ3) is 7.95. The van der Waals surface area contributed by atoms with Gasteiger partial charge >= 0.3 is 6.18 Å². The molecule has 0 saturated carbocycles. The summed E-state index contributed by atoms with van der Waals surface area (Å²) >= 11 is 1.01. The van der Waals surface area contributed by atoms with Crippen molar-refractivity contribution in [3.05, 3.63) is 82.9 Å². The summed E-state index contributed by atoms with van der Waals surface area (Å²) in [5.74, 6) is 0.930. The number of amides is 1. The van der Waals surface area contributed by atoms with E-state index < -0.39 is 11.9 Å². The van der Waals surface area contributed by atoms with Gasteiger partial charge in [0.25, 0.3) is 5.56 Å². The molecule has 1 amide bonds. The summed E-state index contributed by atoms with van der Waals surface area (Å²) in [5.41, 5.74) is 0.766. The molecule has 4 rings (SSSR count). The monoisotopic (exact) mass is 560 g/mol. The van der Waals surface area contributed by atoms with Crippen LogP contribution in [0, 0.1) is 6.92 Å². The van der Waals surface area contributed by atoms with Crippen LogP contribution in [0.2, 0.25) is 0 Å². The van der Waals surface area contributed by atoms with Crippen molar-refractivity contribution in [2.24, 2.45) is 0 Å². The average Bonchev–Trinajstić information content (AvgIpc) is 3.47. The lowest BCUT2D eigenvalue weighted by molar-refractivity contribution is -0.141. The number of hydrogen-bond acceptors (Lipinski definition) is 6. The summed E-state index contributed by atoms with van der Waals surface area (Å²) < 4.78 is 47.6. The molecule has 0 radical (unpaired) electrons. The van der Waals surface area contributed by atoms with Crippen LogP contribution in [-0.4, -0.2) is 51.3 Å². The van der Waals surface area contributed by atoms with Crippen LogP contribution in [0.5, 0.6) is 5.75 Å². The highest BCUT2D eigenvalue weighted by Gasteiger charge is 2.34. The number of rotatable bonds is 8. The molecule has 0 aliphatic carbocycles. The zero-order valence-corrected chi connectivity index (χ0v) is 22.8. The number of benzene rings is 1. The Morgan fingerprint density at radius 3 is 2.49 bits per heavy atom. The Morgan fingerprint density at radius 2 is 1.82 bits per heavy atom. The van der Waals surface area contributed by atoms with Gasteiger partial charge in [0.1, 0.15) is 11.4 Å². The zero-order chi connectivity index (χ0) is 28.6. The number of halogens is 3. The number of carbonyl (C=O) groups excluding carboxylic acids is 1. The van der Waals surface area contributed by atoms with E-state index in [1.54, 1.807) is 12.0 Å². The smallest absolute Gasteiger partial charge is 0.433 e. The Labute approximate surface area is 229 Å². The summed E-state index contributed by atoms with van der Waals surface area (Å²) in [6.07, 6.45) is -1.05. The molecule has 3 aromatic rings. The number of aromatic nitrogens is 3. The number of aryl methyl sites for hydroxylation is 1. The van der Waals surface area contributed by atoms with Gasteiger partial charge in [-0.25, -0.2) is 9.97 Å². The second-order valence-electron chi connectivity index (χ2n) is 8.79. The molecule has 39 heavy (non-hydrogen) atoms. The molecule has 1 aromatic carbocycles. The fourth-order valence-corrected chi connectivity index (χ4v) is 4.89. The lowest BCUT2D eigenvalue weighted by atomic mass is 10.1. The van der Waals surface area contributed by atoms with Crippen molar-refractivity contribution in [3.63, 3.8) is 0 Å². The minimum Gasteiger partial charge on any atom is -0.496 e. The molecule has 208 valence electrons. The van der Waals surface area contributed by atoms with Gasteiger partial charge < -0.3 is 14.2 Å². The largest absolute Gasteiger partial charge is 0.496 e. The Balaban J connectivity index is 0.00000205. The van der Waals surface area contributed by atoms with E-state index in [0.717, 1.165) is 54.9 Å². The molecule has 1 fully saturated rings. The molecule has 1 aliphatic rings. The van der Waals surface area contributed by atoms with Gasteiger partial charge in [0.15, 0.2) is 5.16 Å². The van der Waals surface area contributed by atoms with Gasteiger partial charge in [0, 0.05) is 43.1 Å². The first kappa shape index (κ1) is 29.9. The van der Waals surface area contributed by atoms with Crippen molar-refractivity contribution < 1.29 is 22.7 Å². The maximum Gasteiger partial charge on any atom is 0.433 e. The Kier molecular flexibility index (Phi) is 10.3. The molecule has 7 nitrogen and oxygen atoms in total. The lowest BCUT2D eigenvalue weighted by Gasteiger charge is -2.15. The quantitative estimate of drug-likeness (QED) is 0.203. The fraction of sp³-hybridized carbons (Fsp3) is 0.357. The van der Waals surface area contributed by atoms with Crippen LogP contribution in [0.4, 0.5) is 13.2 Å². The van der Waals surface area contributed by atoms with Crippen LogP contribution in [0.3, 0.4) is 0 Å². The maximum absolute atomic E-state index is 13.6. The molecule has 11 heteroatoms. The van der Waals surface area contributed by atoms with Crippen LogP contribution in [0.15, 0.2) is 65.7 Å². The molecule has 1 aliphatic heterocycles. The van der Waals surface area contributed by atoms with Crippen molar-refractivity contribution in [2.45, 2.75) is 44.1 Å². The van der Waals surface area contributed by atoms with Crippen molar-refractivity contribution >= 4 is 17.7 Å². The first-order valence-electron chi connectivity index (χ1n) is 12.4. The predicted molar refractivity (Wildman–Crippen MR) is 146 cm³/mol. The molecule has 0 N–H and O–H groups in total. The van der Waals surface area contributed by atoms with E-state index in [1.807, 2.05) is 25.1 Å². The number of ether oxygens (including phenoxy) is 1. The van der Waals surface area contributed by atoms with Crippen molar-refractivity contribution in [3.8, 4) is 17.0 Å². The van der Waals surface area contributed by atoms with Crippen LogP contribution in [0.1, 0.15) is 36.1 Å². The summed E-state index contributed by atoms with van der Waals surface area (Å²) in [5, 5.41) is -0.0694. The molecular formula is C28H31F3N4O3S. The molecule has 3 heterocycles. The highest BCUT2D eigenvalue weighted by atomic mass is 32.2. The fourth-order valence-electron chi connectivity index (χ4n) is 4.10. The number of thioether (sulfide) groups is 1. The minimum absolute atomic E-state index is 0.0167. The number of alkyl halides is 3. The molecule has 0 spiro atoms.